The van der Waals surface area contributed by atoms with Gasteiger partial charge in [0.15, 0.2) is 5.75 Å². The second-order valence-electron chi connectivity index (χ2n) is 3.63. The fraction of sp³-hybridized carbons (Fsp3) is 0. The summed E-state index contributed by atoms with van der Waals surface area (Å²) in [6.45, 7) is 0. The highest BCUT2D eigenvalue weighted by atomic mass is 35.5. The van der Waals surface area contributed by atoms with Gasteiger partial charge in [-0.15, -0.1) is 0 Å². The van der Waals surface area contributed by atoms with Gasteiger partial charge in [0.2, 0.25) is 0 Å². The number of aromatic hydroxyl groups is 2. The molecule has 1 heterocycles. The lowest BCUT2D eigenvalue weighted by molar-refractivity contribution is 0.102. The number of nitrogens with zero attached hydrogens (tertiary/aromatic N) is 1. The van der Waals surface area contributed by atoms with Crippen LogP contribution < -0.4 is 5.32 Å². The highest BCUT2D eigenvalue weighted by Crippen LogP contribution is 2.35. The van der Waals surface area contributed by atoms with E-state index >= 15 is 0 Å². The first-order valence-electron chi connectivity index (χ1n) is 5.11. The minimum absolute atomic E-state index is 0.0155. The highest BCUT2D eigenvalue weighted by molar-refractivity contribution is 6.36. The molecule has 0 bridgehead atoms. The van der Waals surface area contributed by atoms with Crippen LogP contribution in [0.15, 0.2) is 30.6 Å². The van der Waals surface area contributed by atoms with Crippen molar-refractivity contribution in [2.75, 3.05) is 5.32 Å². The number of hydrogen-bond donors (Lipinski definition) is 3. The molecule has 0 unspecified atom stereocenters. The highest BCUT2D eigenvalue weighted by Gasteiger charge is 2.15. The fourth-order valence-electron chi connectivity index (χ4n) is 1.43. The largest absolute Gasteiger partial charge is 0.505 e. The third kappa shape index (κ3) is 2.89. The normalized spacial score (nSPS) is 10.2. The first kappa shape index (κ1) is 13.5. The Morgan fingerprint density at radius 1 is 1.26 bits per heavy atom. The van der Waals surface area contributed by atoms with Crippen LogP contribution in [0.5, 0.6) is 11.5 Å². The second-order valence-corrected chi connectivity index (χ2v) is 4.47. The Morgan fingerprint density at radius 3 is 2.68 bits per heavy atom. The number of carbonyl (C=O) groups is 1. The Labute approximate surface area is 118 Å². The van der Waals surface area contributed by atoms with Crippen molar-refractivity contribution < 1.29 is 15.0 Å². The number of pyridine rings is 1. The number of anilines is 1. The maximum atomic E-state index is 11.9. The van der Waals surface area contributed by atoms with Crippen molar-refractivity contribution in [3.8, 4) is 11.5 Å². The van der Waals surface area contributed by atoms with Crippen molar-refractivity contribution in [2.45, 2.75) is 0 Å². The van der Waals surface area contributed by atoms with Crippen molar-refractivity contribution in [1.29, 1.82) is 0 Å². The molecule has 2 rings (SSSR count). The summed E-state index contributed by atoms with van der Waals surface area (Å²) in [6, 6.07) is 4.03. The molecule has 1 aromatic heterocycles. The molecular weight excluding hydrogens is 291 g/mol. The molecule has 0 aliphatic carbocycles. The zero-order valence-electron chi connectivity index (χ0n) is 9.39. The molecule has 3 N–H and O–H groups in total. The number of carbonyl (C=O) groups excluding carboxylic acids is 1. The smallest absolute Gasteiger partial charge is 0.259 e. The molecule has 0 aliphatic rings. The van der Waals surface area contributed by atoms with Crippen LogP contribution in [0, 0.1) is 0 Å². The predicted molar refractivity (Wildman–Crippen MR) is 72.0 cm³/mol. The molecule has 0 fully saturated rings. The van der Waals surface area contributed by atoms with Crippen LogP contribution in [0.1, 0.15) is 10.4 Å². The number of hydrogen-bond acceptors (Lipinski definition) is 4. The van der Waals surface area contributed by atoms with Gasteiger partial charge in [0.25, 0.3) is 5.91 Å². The lowest BCUT2D eigenvalue weighted by Crippen LogP contribution is -2.12. The number of aromatic nitrogens is 1. The molecule has 7 heteroatoms. The molecule has 98 valence electrons. The summed E-state index contributed by atoms with van der Waals surface area (Å²) in [7, 11) is 0. The van der Waals surface area contributed by atoms with Gasteiger partial charge in [0.1, 0.15) is 5.75 Å². The summed E-state index contributed by atoms with van der Waals surface area (Å²) in [5.41, 5.74) is 0.0733. The number of nitrogens with one attached hydrogen (secondary N) is 1. The van der Waals surface area contributed by atoms with Crippen LogP contribution in [0.3, 0.4) is 0 Å². The van der Waals surface area contributed by atoms with Gasteiger partial charge in [-0.1, -0.05) is 23.2 Å². The second kappa shape index (κ2) is 5.34. The molecule has 1 aromatic carbocycles. The molecule has 0 aliphatic heterocycles. The molecule has 0 saturated carbocycles. The van der Waals surface area contributed by atoms with Gasteiger partial charge in [-0.25, -0.2) is 0 Å². The third-order valence-corrected chi connectivity index (χ3v) is 2.83. The Hall–Kier alpha value is -1.98. The minimum Gasteiger partial charge on any atom is -0.505 e. The number of amides is 1. The van der Waals surface area contributed by atoms with Crippen molar-refractivity contribution in [1.82, 2.24) is 4.98 Å². The zero-order valence-corrected chi connectivity index (χ0v) is 10.9. The molecule has 5 nitrogen and oxygen atoms in total. The Bertz CT molecular complexity index is 647. The maximum Gasteiger partial charge on any atom is 0.259 e. The number of phenols is 1. The summed E-state index contributed by atoms with van der Waals surface area (Å²) in [6.07, 6.45) is 2.50. The van der Waals surface area contributed by atoms with Crippen molar-refractivity contribution >= 4 is 34.8 Å². The molecule has 2 aromatic rings. The number of phenolic OH excluding ortho intramolecular Hbond substituents is 1. The van der Waals surface area contributed by atoms with Crippen LogP contribution in [-0.4, -0.2) is 21.1 Å². The summed E-state index contributed by atoms with van der Waals surface area (Å²) >= 11 is 11.5. The van der Waals surface area contributed by atoms with Gasteiger partial charge in [-0.05, 0) is 18.2 Å². The van der Waals surface area contributed by atoms with Crippen LogP contribution in [-0.2, 0) is 0 Å². The van der Waals surface area contributed by atoms with Crippen molar-refractivity contribution in [3.63, 3.8) is 0 Å². The molecule has 0 atom stereocenters. The van der Waals surface area contributed by atoms with E-state index in [4.69, 9.17) is 23.2 Å². The van der Waals surface area contributed by atoms with E-state index in [1.54, 1.807) is 0 Å². The van der Waals surface area contributed by atoms with Gasteiger partial charge >= 0.3 is 0 Å². The average Bonchev–Trinajstić information content (AvgIpc) is 2.35. The molecule has 1 amide bonds. The quantitative estimate of drug-likeness (QED) is 0.744. The van der Waals surface area contributed by atoms with E-state index in [1.165, 1.54) is 24.4 Å². The van der Waals surface area contributed by atoms with E-state index in [-0.39, 0.29) is 32.8 Å². The summed E-state index contributed by atoms with van der Waals surface area (Å²) < 4.78 is 0. The van der Waals surface area contributed by atoms with Gasteiger partial charge in [-0.2, -0.15) is 0 Å². The summed E-state index contributed by atoms with van der Waals surface area (Å²) in [5.74, 6) is -1.19. The SMILES string of the molecule is O=C(Nc1cc(Cl)cc(Cl)c1O)c1ccncc1O. The molecule has 0 radical (unpaired) electrons. The van der Waals surface area contributed by atoms with Gasteiger partial charge in [0, 0.05) is 11.2 Å². The standard InChI is InChI=1S/C12H8Cl2N2O3/c13-6-3-8(14)11(18)9(4-6)16-12(19)7-1-2-15-5-10(7)17/h1-5,17-18H,(H,16,19). The van der Waals surface area contributed by atoms with Crippen molar-refractivity contribution in [3.05, 3.63) is 46.2 Å². The van der Waals surface area contributed by atoms with E-state index in [0.717, 1.165) is 6.20 Å². The maximum absolute atomic E-state index is 11.9. The lowest BCUT2D eigenvalue weighted by atomic mass is 10.2. The van der Waals surface area contributed by atoms with Gasteiger partial charge < -0.3 is 15.5 Å². The Balaban J connectivity index is 2.32. The van der Waals surface area contributed by atoms with E-state index in [9.17, 15) is 15.0 Å². The summed E-state index contributed by atoms with van der Waals surface area (Å²) in [5, 5.41) is 21.9. The lowest BCUT2D eigenvalue weighted by Gasteiger charge is -2.09. The van der Waals surface area contributed by atoms with E-state index in [2.05, 4.69) is 10.3 Å². The predicted octanol–water partition coefficient (Wildman–Crippen LogP) is 3.05. The third-order valence-electron chi connectivity index (χ3n) is 2.32. The Kier molecular flexibility index (Phi) is 3.78. The average molecular weight is 299 g/mol. The minimum atomic E-state index is -0.617. The topological polar surface area (TPSA) is 82.5 Å². The van der Waals surface area contributed by atoms with Crippen LogP contribution in [0.25, 0.3) is 0 Å². The number of benzene rings is 1. The van der Waals surface area contributed by atoms with E-state index < -0.39 is 5.91 Å². The molecular formula is C12H8Cl2N2O3. The first-order valence-corrected chi connectivity index (χ1v) is 5.87. The molecule has 0 spiro atoms. The monoisotopic (exact) mass is 298 g/mol. The van der Waals surface area contributed by atoms with Crippen LogP contribution >= 0.6 is 23.2 Å². The Morgan fingerprint density at radius 2 is 2.00 bits per heavy atom. The molecule has 19 heavy (non-hydrogen) atoms. The first-order chi connectivity index (χ1) is 8.99. The van der Waals surface area contributed by atoms with Gasteiger partial charge in [-0.3, -0.25) is 9.78 Å². The van der Waals surface area contributed by atoms with E-state index in [1.807, 2.05) is 0 Å². The molecule has 0 saturated heterocycles. The fourth-order valence-corrected chi connectivity index (χ4v) is 1.92. The van der Waals surface area contributed by atoms with Gasteiger partial charge in [0.05, 0.1) is 22.5 Å². The summed E-state index contributed by atoms with van der Waals surface area (Å²) in [4.78, 5) is 15.6. The zero-order chi connectivity index (χ0) is 14.0. The number of halogens is 2. The number of rotatable bonds is 2. The van der Waals surface area contributed by atoms with Crippen molar-refractivity contribution in [2.24, 2.45) is 0 Å². The van der Waals surface area contributed by atoms with Crippen LogP contribution in [0.2, 0.25) is 10.0 Å². The van der Waals surface area contributed by atoms with Crippen LogP contribution in [0.4, 0.5) is 5.69 Å². The van der Waals surface area contributed by atoms with E-state index in [0.29, 0.717) is 0 Å².